The zero-order chi connectivity index (χ0) is 15.4. The Morgan fingerprint density at radius 1 is 1.19 bits per heavy atom. The average molecular weight is 303 g/mol. The fraction of sp³-hybridized carbons (Fsp3) is 0.235. The third-order valence-corrected chi connectivity index (χ3v) is 3.56. The maximum atomic E-state index is 12.8. The minimum absolute atomic E-state index is 0.0658. The summed E-state index contributed by atoms with van der Waals surface area (Å²) in [6, 6.07) is 14.9. The van der Waals surface area contributed by atoms with Crippen molar-refractivity contribution in [2.75, 3.05) is 5.73 Å². The van der Waals surface area contributed by atoms with E-state index in [1.54, 1.807) is 23.1 Å². The number of carbonyl (C=O) groups excluding carboxylic acids is 1. The maximum Gasteiger partial charge on any atom is 0.256 e. The van der Waals surface area contributed by atoms with Gasteiger partial charge in [-0.25, -0.2) is 0 Å². The highest BCUT2D eigenvalue weighted by molar-refractivity contribution is 6.31. The van der Waals surface area contributed by atoms with Crippen LogP contribution >= 0.6 is 11.6 Å². The molecule has 0 aromatic heterocycles. The Morgan fingerprint density at radius 2 is 1.86 bits per heavy atom. The maximum absolute atomic E-state index is 12.8. The van der Waals surface area contributed by atoms with Crippen LogP contribution in [0.15, 0.2) is 48.5 Å². The Labute approximate surface area is 130 Å². The summed E-state index contributed by atoms with van der Waals surface area (Å²) in [7, 11) is 0. The molecule has 2 rings (SSSR count). The number of amides is 1. The second-order valence-corrected chi connectivity index (χ2v) is 5.68. The third kappa shape index (κ3) is 3.76. The second-order valence-electron chi connectivity index (χ2n) is 5.24. The van der Waals surface area contributed by atoms with Crippen LogP contribution in [0.5, 0.6) is 0 Å². The van der Waals surface area contributed by atoms with Crippen LogP contribution in [-0.4, -0.2) is 16.8 Å². The van der Waals surface area contributed by atoms with Crippen molar-refractivity contribution < 1.29 is 4.79 Å². The number of hydrogen-bond donors (Lipinski definition) is 1. The van der Waals surface area contributed by atoms with Crippen LogP contribution in [-0.2, 0) is 6.54 Å². The van der Waals surface area contributed by atoms with Crippen molar-refractivity contribution in [2.45, 2.75) is 26.4 Å². The molecule has 0 unspecified atom stereocenters. The first-order valence-electron chi connectivity index (χ1n) is 6.89. The molecule has 0 saturated heterocycles. The average Bonchev–Trinajstić information content (AvgIpc) is 2.47. The van der Waals surface area contributed by atoms with Gasteiger partial charge < -0.3 is 10.6 Å². The van der Waals surface area contributed by atoms with Gasteiger partial charge in [-0.05, 0) is 37.6 Å². The molecule has 0 fully saturated rings. The van der Waals surface area contributed by atoms with E-state index >= 15 is 0 Å². The van der Waals surface area contributed by atoms with Crippen molar-refractivity contribution in [3.05, 3.63) is 64.7 Å². The molecule has 21 heavy (non-hydrogen) atoms. The van der Waals surface area contributed by atoms with Gasteiger partial charge in [-0.1, -0.05) is 41.9 Å². The molecule has 2 aromatic rings. The van der Waals surface area contributed by atoms with Crippen LogP contribution in [0, 0.1) is 0 Å². The van der Waals surface area contributed by atoms with Crippen LogP contribution in [0.1, 0.15) is 29.8 Å². The van der Waals surface area contributed by atoms with Crippen molar-refractivity contribution in [1.29, 1.82) is 0 Å². The lowest BCUT2D eigenvalue weighted by Gasteiger charge is -2.27. The number of nitrogens with two attached hydrogens (primary N) is 1. The molecule has 0 aliphatic heterocycles. The first-order valence-corrected chi connectivity index (χ1v) is 7.26. The summed E-state index contributed by atoms with van der Waals surface area (Å²) in [5.74, 6) is -0.103. The number of nitrogens with zero attached hydrogens (tertiary/aromatic N) is 1. The van der Waals surface area contributed by atoms with E-state index in [0.717, 1.165) is 5.56 Å². The lowest BCUT2D eigenvalue weighted by Crippen LogP contribution is -2.36. The summed E-state index contributed by atoms with van der Waals surface area (Å²) in [6.07, 6.45) is 0. The van der Waals surface area contributed by atoms with E-state index in [1.165, 1.54) is 0 Å². The molecule has 0 aliphatic rings. The fourth-order valence-corrected chi connectivity index (χ4v) is 2.31. The van der Waals surface area contributed by atoms with Crippen molar-refractivity contribution >= 4 is 23.2 Å². The topological polar surface area (TPSA) is 46.3 Å². The number of anilines is 1. The van der Waals surface area contributed by atoms with E-state index in [4.69, 9.17) is 17.3 Å². The molecule has 0 bridgehead atoms. The van der Waals surface area contributed by atoms with Crippen LogP contribution < -0.4 is 5.73 Å². The summed E-state index contributed by atoms with van der Waals surface area (Å²) < 4.78 is 0. The van der Waals surface area contributed by atoms with E-state index in [9.17, 15) is 4.79 Å². The van der Waals surface area contributed by atoms with Gasteiger partial charge >= 0.3 is 0 Å². The summed E-state index contributed by atoms with van der Waals surface area (Å²) in [4.78, 5) is 14.5. The molecular formula is C17H19ClN2O. The summed E-state index contributed by atoms with van der Waals surface area (Å²) >= 11 is 5.98. The van der Waals surface area contributed by atoms with Crippen molar-refractivity contribution in [3.63, 3.8) is 0 Å². The van der Waals surface area contributed by atoms with Gasteiger partial charge in [-0.15, -0.1) is 0 Å². The Kier molecular flexibility index (Phi) is 4.86. The first kappa shape index (κ1) is 15.4. The van der Waals surface area contributed by atoms with Gasteiger partial charge in [-0.2, -0.15) is 0 Å². The number of hydrogen-bond acceptors (Lipinski definition) is 2. The highest BCUT2D eigenvalue weighted by Crippen LogP contribution is 2.21. The Balaban J connectivity index is 2.30. The van der Waals surface area contributed by atoms with Gasteiger partial charge in [-0.3, -0.25) is 4.79 Å². The minimum atomic E-state index is -0.103. The number of benzene rings is 2. The van der Waals surface area contributed by atoms with E-state index < -0.39 is 0 Å². The van der Waals surface area contributed by atoms with Crippen LogP contribution in [0.4, 0.5) is 5.69 Å². The first-order chi connectivity index (χ1) is 9.99. The molecule has 0 atom stereocenters. The summed E-state index contributed by atoms with van der Waals surface area (Å²) in [5, 5.41) is 0.510. The number of nitrogen functional groups attached to an aromatic ring is 1. The molecule has 4 heteroatoms. The molecule has 110 valence electrons. The lowest BCUT2D eigenvalue weighted by molar-refractivity contribution is 0.0691. The third-order valence-electron chi connectivity index (χ3n) is 3.33. The van der Waals surface area contributed by atoms with Gasteiger partial charge in [0.05, 0.1) is 5.56 Å². The van der Waals surface area contributed by atoms with Gasteiger partial charge in [0, 0.05) is 23.3 Å². The predicted octanol–water partition coefficient (Wildman–Crippen LogP) is 3.97. The van der Waals surface area contributed by atoms with E-state index in [0.29, 0.717) is 22.8 Å². The molecule has 2 N–H and O–H groups in total. The van der Waals surface area contributed by atoms with Crippen LogP contribution in [0.2, 0.25) is 5.02 Å². The molecule has 1 amide bonds. The van der Waals surface area contributed by atoms with Crippen LogP contribution in [0.25, 0.3) is 0 Å². The molecular weight excluding hydrogens is 284 g/mol. The molecule has 0 heterocycles. The SMILES string of the molecule is CC(C)N(Cc1ccccc1)C(=O)c1cc(Cl)ccc1N. The largest absolute Gasteiger partial charge is 0.398 e. The molecule has 0 spiro atoms. The molecule has 0 aliphatic carbocycles. The van der Waals surface area contributed by atoms with Crippen molar-refractivity contribution in [1.82, 2.24) is 4.90 Å². The minimum Gasteiger partial charge on any atom is -0.398 e. The zero-order valence-electron chi connectivity index (χ0n) is 12.2. The Morgan fingerprint density at radius 3 is 2.48 bits per heavy atom. The van der Waals surface area contributed by atoms with Crippen LogP contribution in [0.3, 0.4) is 0 Å². The molecule has 0 saturated carbocycles. The molecule has 3 nitrogen and oxygen atoms in total. The van der Waals surface area contributed by atoms with E-state index in [1.807, 2.05) is 44.2 Å². The summed E-state index contributed by atoms with van der Waals surface area (Å²) in [5.41, 5.74) is 7.90. The zero-order valence-corrected chi connectivity index (χ0v) is 13.0. The standard InChI is InChI=1S/C17H19ClN2O/c1-12(2)20(11-13-6-4-3-5-7-13)17(21)15-10-14(18)8-9-16(15)19/h3-10,12H,11,19H2,1-2H3. The lowest BCUT2D eigenvalue weighted by atomic mass is 10.1. The highest BCUT2D eigenvalue weighted by Gasteiger charge is 2.21. The predicted molar refractivity (Wildman–Crippen MR) is 87.3 cm³/mol. The van der Waals surface area contributed by atoms with Crippen molar-refractivity contribution in [3.8, 4) is 0 Å². The van der Waals surface area contributed by atoms with Gasteiger partial charge in [0.15, 0.2) is 0 Å². The van der Waals surface area contributed by atoms with Gasteiger partial charge in [0.1, 0.15) is 0 Å². The fourth-order valence-electron chi connectivity index (χ4n) is 2.14. The normalized spacial score (nSPS) is 10.7. The van der Waals surface area contributed by atoms with Gasteiger partial charge in [0.2, 0.25) is 0 Å². The van der Waals surface area contributed by atoms with Gasteiger partial charge in [0.25, 0.3) is 5.91 Å². The monoisotopic (exact) mass is 302 g/mol. The van der Waals surface area contributed by atoms with E-state index in [2.05, 4.69) is 0 Å². The number of halogens is 1. The smallest absolute Gasteiger partial charge is 0.256 e. The highest BCUT2D eigenvalue weighted by atomic mass is 35.5. The number of carbonyl (C=O) groups is 1. The van der Waals surface area contributed by atoms with Crippen molar-refractivity contribution in [2.24, 2.45) is 0 Å². The Hall–Kier alpha value is -2.00. The summed E-state index contributed by atoms with van der Waals surface area (Å²) in [6.45, 7) is 4.52. The number of rotatable bonds is 4. The molecule has 0 radical (unpaired) electrons. The quantitative estimate of drug-likeness (QED) is 0.869. The second kappa shape index (κ2) is 6.64. The Bertz CT molecular complexity index is 626. The van der Waals surface area contributed by atoms with E-state index in [-0.39, 0.29) is 11.9 Å². The molecule has 2 aromatic carbocycles.